The normalized spacial score (nSPS) is 31.1. The highest BCUT2D eigenvalue weighted by atomic mass is 16.6. The number of carbonyl (C=O) groups is 2. The Morgan fingerprint density at radius 3 is 2.60 bits per heavy atom. The summed E-state index contributed by atoms with van der Waals surface area (Å²) < 4.78 is 5.42. The number of piperidine rings is 1. The third kappa shape index (κ3) is 3.64. The van der Waals surface area contributed by atoms with Gasteiger partial charge in [-0.25, -0.2) is 4.79 Å². The summed E-state index contributed by atoms with van der Waals surface area (Å²) in [6.45, 7) is 10.1. The van der Waals surface area contributed by atoms with Crippen LogP contribution in [0.5, 0.6) is 0 Å². The quantitative estimate of drug-likeness (QED) is 0.800. The second kappa shape index (κ2) is 5.62. The van der Waals surface area contributed by atoms with Gasteiger partial charge in [0.1, 0.15) is 5.60 Å². The average molecular weight is 282 g/mol. The predicted octanol–water partition coefficient (Wildman–Crippen LogP) is 2.02. The maximum atomic E-state index is 12.1. The molecular weight excluding hydrogens is 256 g/mol. The SMILES string of the molecule is CC1CN(C(=O)OC(C)(C)C)CCC1C1CNC(=O)C1. The van der Waals surface area contributed by atoms with Gasteiger partial charge in [0.15, 0.2) is 0 Å². The van der Waals surface area contributed by atoms with Gasteiger partial charge in [0.25, 0.3) is 0 Å². The molecule has 2 amide bonds. The molecule has 2 fully saturated rings. The maximum absolute atomic E-state index is 12.1. The minimum Gasteiger partial charge on any atom is -0.444 e. The van der Waals surface area contributed by atoms with E-state index in [-0.39, 0.29) is 12.0 Å². The third-order valence-electron chi connectivity index (χ3n) is 4.24. The van der Waals surface area contributed by atoms with Crippen LogP contribution in [0.25, 0.3) is 0 Å². The molecule has 1 N–H and O–H groups in total. The number of nitrogens with one attached hydrogen (secondary N) is 1. The molecule has 0 aliphatic carbocycles. The summed E-state index contributed by atoms with van der Waals surface area (Å²) in [5, 5.41) is 2.91. The van der Waals surface area contributed by atoms with E-state index < -0.39 is 5.60 Å². The number of hydrogen-bond donors (Lipinski definition) is 1. The molecular formula is C15H26N2O3. The van der Waals surface area contributed by atoms with Crippen molar-refractivity contribution in [1.82, 2.24) is 10.2 Å². The second-order valence-electron chi connectivity index (χ2n) is 7.12. The van der Waals surface area contributed by atoms with Crippen molar-refractivity contribution in [2.24, 2.45) is 17.8 Å². The Bertz CT molecular complexity index is 389. The lowest BCUT2D eigenvalue weighted by Crippen LogP contribution is -2.46. The largest absolute Gasteiger partial charge is 0.444 e. The second-order valence-corrected chi connectivity index (χ2v) is 7.12. The summed E-state index contributed by atoms with van der Waals surface area (Å²) in [7, 11) is 0. The topological polar surface area (TPSA) is 58.6 Å². The highest BCUT2D eigenvalue weighted by Gasteiger charge is 2.37. The van der Waals surface area contributed by atoms with E-state index in [1.54, 1.807) is 4.90 Å². The van der Waals surface area contributed by atoms with Crippen LogP contribution in [0.15, 0.2) is 0 Å². The molecule has 0 aromatic carbocycles. The molecule has 5 nitrogen and oxygen atoms in total. The summed E-state index contributed by atoms with van der Waals surface area (Å²) in [5.41, 5.74) is -0.445. The fraction of sp³-hybridized carbons (Fsp3) is 0.867. The molecule has 2 aliphatic heterocycles. The molecule has 0 radical (unpaired) electrons. The van der Waals surface area contributed by atoms with E-state index in [1.165, 1.54) is 0 Å². The summed E-state index contributed by atoms with van der Waals surface area (Å²) in [5.74, 6) is 1.52. The lowest BCUT2D eigenvalue weighted by Gasteiger charge is -2.39. The third-order valence-corrected chi connectivity index (χ3v) is 4.24. The van der Waals surface area contributed by atoms with Crippen molar-refractivity contribution in [3.63, 3.8) is 0 Å². The lowest BCUT2D eigenvalue weighted by molar-refractivity contribution is -0.119. The smallest absolute Gasteiger partial charge is 0.410 e. The number of rotatable bonds is 1. The molecule has 3 unspecified atom stereocenters. The molecule has 3 atom stereocenters. The van der Waals surface area contributed by atoms with Crippen LogP contribution in [0, 0.1) is 17.8 Å². The Balaban J connectivity index is 1.89. The minimum absolute atomic E-state index is 0.164. The van der Waals surface area contributed by atoms with Crippen molar-refractivity contribution in [3.8, 4) is 0 Å². The zero-order valence-corrected chi connectivity index (χ0v) is 12.9. The van der Waals surface area contributed by atoms with Crippen LogP contribution in [0.1, 0.15) is 40.5 Å². The molecule has 0 saturated carbocycles. The molecule has 0 bridgehead atoms. The molecule has 0 spiro atoms. The van der Waals surface area contributed by atoms with Crippen molar-refractivity contribution < 1.29 is 14.3 Å². The summed E-state index contributed by atoms with van der Waals surface area (Å²) >= 11 is 0. The molecule has 2 heterocycles. The Morgan fingerprint density at radius 2 is 2.10 bits per heavy atom. The van der Waals surface area contributed by atoms with E-state index in [9.17, 15) is 9.59 Å². The van der Waals surface area contributed by atoms with Crippen LogP contribution < -0.4 is 5.32 Å². The zero-order chi connectivity index (χ0) is 14.9. The molecule has 0 aromatic heterocycles. The first-order valence-corrected chi connectivity index (χ1v) is 7.51. The number of ether oxygens (including phenoxy) is 1. The van der Waals surface area contributed by atoms with E-state index in [0.29, 0.717) is 24.2 Å². The first-order valence-electron chi connectivity index (χ1n) is 7.51. The molecule has 2 saturated heterocycles. The van der Waals surface area contributed by atoms with E-state index in [1.807, 2.05) is 20.8 Å². The number of nitrogens with zero attached hydrogens (tertiary/aromatic N) is 1. The zero-order valence-electron chi connectivity index (χ0n) is 12.9. The maximum Gasteiger partial charge on any atom is 0.410 e. The number of amides is 2. The van der Waals surface area contributed by atoms with Gasteiger partial charge in [0.05, 0.1) is 0 Å². The van der Waals surface area contributed by atoms with Gasteiger partial charge in [0.2, 0.25) is 5.91 Å². The standard InChI is InChI=1S/C15H26N2O3/c1-10-9-17(14(19)20-15(2,3)4)6-5-12(10)11-7-13(18)16-8-11/h10-12H,5-9H2,1-4H3,(H,16,18). The van der Waals surface area contributed by atoms with Gasteiger partial charge in [-0.2, -0.15) is 0 Å². The van der Waals surface area contributed by atoms with Crippen molar-refractivity contribution in [2.45, 2.75) is 46.1 Å². The van der Waals surface area contributed by atoms with E-state index in [4.69, 9.17) is 4.74 Å². The van der Waals surface area contributed by atoms with Crippen molar-refractivity contribution in [2.75, 3.05) is 19.6 Å². The number of carbonyl (C=O) groups excluding carboxylic acids is 2. The predicted molar refractivity (Wildman–Crippen MR) is 76.2 cm³/mol. The Labute approximate surface area is 121 Å². The van der Waals surface area contributed by atoms with Gasteiger partial charge in [-0.3, -0.25) is 4.79 Å². The molecule has 2 rings (SSSR count). The highest BCUT2D eigenvalue weighted by molar-refractivity contribution is 5.78. The van der Waals surface area contributed by atoms with Crippen molar-refractivity contribution in [3.05, 3.63) is 0 Å². The Kier molecular flexibility index (Phi) is 4.25. The first-order chi connectivity index (χ1) is 9.26. The van der Waals surface area contributed by atoms with Crippen molar-refractivity contribution >= 4 is 12.0 Å². The molecule has 0 aromatic rings. The van der Waals surface area contributed by atoms with E-state index in [2.05, 4.69) is 12.2 Å². The Morgan fingerprint density at radius 1 is 1.40 bits per heavy atom. The highest BCUT2D eigenvalue weighted by Crippen LogP contribution is 2.33. The fourth-order valence-electron chi connectivity index (χ4n) is 3.29. The van der Waals surface area contributed by atoms with Crippen molar-refractivity contribution in [1.29, 1.82) is 0 Å². The monoisotopic (exact) mass is 282 g/mol. The summed E-state index contributed by atoms with van der Waals surface area (Å²) in [4.78, 5) is 25.2. The summed E-state index contributed by atoms with van der Waals surface area (Å²) in [6, 6.07) is 0. The van der Waals surface area contributed by atoms with Crippen LogP contribution in [-0.2, 0) is 9.53 Å². The van der Waals surface area contributed by atoms with E-state index in [0.717, 1.165) is 26.1 Å². The Hall–Kier alpha value is -1.26. The van der Waals surface area contributed by atoms with Gasteiger partial charge < -0.3 is 15.0 Å². The number of hydrogen-bond acceptors (Lipinski definition) is 3. The summed E-state index contributed by atoms with van der Waals surface area (Å²) in [6.07, 6.45) is 1.38. The van der Waals surface area contributed by atoms with Gasteiger partial charge in [-0.1, -0.05) is 6.92 Å². The molecule has 5 heteroatoms. The van der Waals surface area contributed by atoms with Gasteiger partial charge >= 0.3 is 6.09 Å². The van der Waals surface area contributed by atoms with Gasteiger partial charge in [0, 0.05) is 26.1 Å². The van der Waals surface area contributed by atoms with Gasteiger partial charge in [-0.05, 0) is 44.9 Å². The minimum atomic E-state index is -0.445. The van der Waals surface area contributed by atoms with Crippen LogP contribution in [-0.4, -0.2) is 42.1 Å². The average Bonchev–Trinajstić information content (AvgIpc) is 2.73. The van der Waals surface area contributed by atoms with Crippen LogP contribution in [0.2, 0.25) is 0 Å². The lowest BCUT2D eigenvalue weighted by atomic mass is 9.77. The molecule has 114 valence electrons. The van der Waals surface area contributed by atoms with Crippen LogP contribution in [0.4, 0.5) is 4.79 Å². The van der Waals surface area contributed by atoms with Crippen LogP contribution >= 0.6 is 0 Å². The van der Waals surface area contributed by atoms with Gasteiger partial charge in [-0.15, -0.1) is 0 Å². The molecule has 2 aliphatic rings. The van der Waals surface area contributed by atoms with E-state index >= 15 is 0 Å². The van der Waals surface area contributed by atoms with Crippen LogP contribution in [0.3, 0.4) is 0 Å². The fourth-order valence-corrected chi connectivity index (χ4v) is 3.29. The number of likely N-dealkylation sites (tertiary alicyclic amines) is 1. The molecule has 20 heavy (non-hydrogen) atoms. The first kappa shape index (κ1) is 15.1.